The Bertz CT molecular complexity index is 1230. The Morgan fingerprint density at radius 3 is 2.15 bits per heavy atom. The number of fused-ring (bicyclic) bond motifs is 2. The van der Waals surface area contributed by atoms with E-state index in [0.717, 1.165) is 27.9 Å². The van der Waals surface area contributed by atoms with Crippen molar-refractivity contribution < 1.29 is 0 Å². The van der Waals surface area contributed by atoms with Crippen molar-refractivity contribution in [3.63, 3.8) is 0 Å². The first-order chi connectivity index (χ1) is 12.9. The molecule has 2 nitrogen and oxygen atoms in total. The fourth-order valence-electron chi connectivity index (χ4n) is 3.31. The fourth-order valence-corrected chi connectivity index (χ4v) is 3.31. The molecular weight excluding hydrogens is 316 g/mol. The predicted octanol–water partition coefficient (Wildman–Crippen LogP) is 6.12. The minimum atomic E-state index is 0.899. The molecule has 0 aliphatic rings. The average Bonchev–Trinajstić information content (AvgIpc) is 2.73. The molecule has 26 heavy (non-hydrogen) atoms. The van der Waals surface area contributed by atoms with Gasteiger partial charge in [-0.1, -0.05) is 72.8 Å². The van der Waals surface area contributed by atoms with Gasteiger partial charge in [-0.05, 0) is 40.1 Å². The second kappa shape index (κ2) is 6.08. The van der Waals surface area contributed by atoms with Crippen LogP contribution in [-0.4, -0.2) is 9.97 Å². The average molecular weight is 332 g/mol. The van der Waals surface area contributed by atoms with Crippen molar-refractivity contribution in [2.24, 2.45) is 0 Å². The number of rotatable bonds is 2. The van der Waals surface area contributed by atoms with Crippen molar-refractivity contribution in [3.05, 3.63) is 97.2 Å². The van der Waals surface area contributed by atoms with Gasteiger partial charge < -0.3 is 0 Å². The Balaban J connectivity index is 1.59. The highest BCUT2D eigenvalue weighted by Crippen LogP contribution is 2.26. The summed E-state index contributed by atoms with van der Waals surface area (Å²) < 4.78 is 0. The highest BCUT2D eigenvalue weighted by atomic mass is 14.8. The summed E-state index contributed by atoms with van der Waals surface area (Å²) in [5.74, 6) is 0. The Hall–Kier alpha value is -3.52. The second-order valence-corrected chi connectivity index (χ2v) is 6.39. The Kier molecular flexibility index (Phi) is 3.46. The third-order valence-electron chi connectivity index (χ3n) is 4.69. The molecule has 0 unspecified atom stereocenters. The van der Waals surface area contributed by atoms with Gasteiger partial charge in [0.15, 0.2) is 0 Å². The maximum atomic E-state index is 4.82. The summed E-state index contributed by atoms with van der Waals surface area (Å²) in [6.45, 7) is 0. The van der Waals surface area contributed by atoms with E-state index in [1.807, 2.05) is 24.4 Å². The van der Waals surface area contributed by atoms with E-state index in [-0.39, 0.29) is 0 Å². The van der Waals surface area contributed by atoms with E-state index in [1.165, 1.54) is 16.3 Å². The topological polar surface area (TPSA) is 25.8 Å². The molecule has 0 amide bonds. The third kappa shape index (κ3) is 2.62. The van der Waals surface area contributed by atoms with Crippen molar-refractivity contribution in [2.45, 2.75) is 0 Å². The normalized spacial score (nSPS) is 11.1. The van der Waals surface area contributed by atoms with Gasteiger partial charge in [-0.15, -0.1) is 0 Å². The Labute approximate surface area is 151 Å². The summed E-state index contributed by atoms with van der Waals surface area (Å²) in [6.07, 6.45) is 1.86. The molecule has 0 N–H and O–H groups in total. The molecule has 4 aromatic carbocycles. The molecule has 1 heterocycles. The van der Waals surface area contributed by atoms with E-state index in [4.69, 9.17) is 4.98 Å². The largest absolute Gasteiger partial charge is 0.252 e. The number of nitrogens with zero attached hydrogens (tertiary/aromatic N) is 2. The molecule has 0 aliphatic carbocycles. The lowest BCUT2D eigenvalue weighted by Crippen LogP contribution is -1.89. The zero-order valence-electron chi connectivity index (χ0n) is 14.1. The van der Waals surface area contributed by atoms with Crippen molar-refractivity contribution in [2.75, 3.05) is 0 Å². The summed E-state index contributed by atoms with van der Waals surface area (Å²) >= 11 is 0. The van der Waals surface area contributed by atoms with Crippen molar-refractivity contribution >= 4 is 21.8 Å². The van der Waals surface area contributed by atoms with Crippen LogP contribution in [0.3, 0.4) is 0 Å². The van der Waals surface area contributed by atoms with Crippen molar-refractivity contribution in [3.8, 4) is 22.4 Å². The third-order valence-corrected chi connectivity index (χ3v) is 4.69. The summed E-state index contributed by atoms with van der Waals surface area (Å²) in [5.41, 5.74) is 6.16. The van der Waals surface area contributed by atoms with Gasteiger partial charge in [-0.2, -0.15) is 0 Å². The summed E-state index contributed by atoms with van der Waals surface area (Å²) in [6, 6.07) is 31.4. The molecule has 0 aliphatic heterocycles. The highest BCUT2D eigenvalue weighted by Gasteiger charge is 2.06. The molecule has 0 saturated heterocycles. The van der Waals surface area contributed by atoms with E-state index in [0.29, 0.717) is 0 Å². The van der Waals surface area contributed by atoms with Crippen LogP contribution in [0.2, 0.25) is 0 Å². The molecular formula is C24H16N2. The van der Waals surface area contributed by atoms with E-state index in [1.54, 1.807) is 0 Å². The molecule has 5 rings (SSSR count). The maximum absolute atomic E-state index is 4.82. The van der Waals surface area contributed by atoms with Crippen LogP contribution in [0.1, 0.15) is 0 Å². The van der Waals surface area contributed by atoms with Crippen LogP contribution in [0.25, 0.3) is 44.2 Å². The monoisotopic (exact) mass is 332 g/mol. The zero-order chi connectivity index (χ0) is 17.3. The summed E-state index contributed by atoms with van der Waals surface area (Å²) in [7, 11) is 0. The van der Waals surface area contributed by atoms with Crippen LogP contribution in [0, 0.1) is 0 Å². The van der Waals surface area contributed by atoms with Gasteiger partial charge in [0.05, 0.1) is 22.9 Å². The first kappa shape index (κ1) is 14.8. The summed E-state index contributed by atoms with van der Waals surface area (Å²) in [4.78, 5) is 9.49. The molecule has 0 radical (unpaired) electrons. The smallest absolute Gasteiger partial charge is 0.0894 e. The first-order valence-corrected chi connectivity index (χ1v) is 8.68. The van der Waals surface area contributed by atoms with Crippen molar-refractivity contribution in [1.29, 1.82) is 0 Å². The van der Waals surface area contributed by atoms with Crippen LogP contribution in [0.15, 0.2) is 97.2 Å². The first-order valence-electron chi connectivity index (χ1n) is 8.68. The number of hydrogen-bond donors (Lipinski definition) is 0. The zero-order valence-corrected chi connectivity index (χ0v) is 14.1. The van der Waals surface area contributed by atoms with E-state index < -0.39 is 0 Å². The fraction of sp³-hybridized carbons (Fsp3) is 0. The molecule has 0 saturated carbocycles. The minimum Gasteiger partial charge on any atom is -0.252 e. The van der Waals surface area contributed by atoms with Gasteiger partial charge in [-0.3, -0.25) is 4.98 Å². The minimum absolute atomic E-state index is 0.899. The maximum Gasteiger partial charge on any atom is 0.0894 e. The van der Waals surface area contributed by atoms with Gasteiger partial charge in [-0.25, -0.2) is 4.98 Å². The second-order valence-electron chi connectivity index (χ2n) is 6.39. The number of benzene rings is 4. The molecule has 0 spiro atoms. The molecule has 0 bridgehead atoms. The van der Waals surface area contributed by atoms with Crippen LogP contribution < -0.4 is 0 Å². The van der Waals surface area contributed by atoms with E-state index in [9.17, 15) is 0 Å². The molecule has 122 valence electrons. The Morgan fingerprint density at radius 2 is 1.27 bits per heavy atom. The van der Waals surface area contributed by atoms with Crippen LogP contribution in [0.4, 0.5) is 0 Å². The summed E-state index contributed by atoms with van der Waals surface area (Å²) in [5, 5.41) is 2.45. The lowest BCUT2D eigenvalue weighted by Gasteiger charge is -2.06. The Morgan fingerprint density at radius 1 is 0.500 bits per heavy atom. The van der Waals surface area contributed by atoms with Crippen molar-refractivity contribution in [1.82, 2.24) is 9.97 Å². The van der Waals surface area contributed by atoms with Gasteiger partial charge in [0, 0.05) is 5.56 Å². The molecule has 2 heteroatoms. The lowest BCUT2D eigenvalue weighted by molar-refractivity contribution is 1.29. The molecule has 1 aromatic heterocycles. The predicted molar refractivity (Wildman–Crippen MR) is 108 cm³/mol. The number of aromatic nitrogens is 2. The van der Waals surface area contributed by atoms with Gasteiger partial charge in [0.25, 0.3) is 0 Å². The SMILES string of the molecule is c1ccc(-c2ccc3nc(-c4ccc5ccccc5c4)cnc3c2)cc1. The molecule has 5 aromatic rings. The highest BCUT2D eigenvalue weighted by molar-refractivity contribution is 5.88. The molecule has 0 atom stereocenters. The van der Waals surface area contributed by atoms with Gasteiger partial charge >= 0.3 is 0 Å². The van der Waals surface area contributed by atoms with Crippen LogP contribution in [-0.2, 0) is 0 Å². The quantitative estimate of drug-likeness (QED) is 0.389. The number of hydrogen-bond acceptors (Lipinski definition) is 2. The van der Waals surface area contributed by atoms with Gasteiger partial charge in [0.2, 0.25) is 0 Å². The van der Waals surface area contributed by atoms with E-state index in [2.05, 4.69) is 77.8 Å². The lowest BCUT2D eigenvalue weighted by atomic mass is 10.0. The van der Waals surface area contributed by atoms with Crippen LogP contribution in [0.5, 0.6) is 0 Å². The van der Waals surface area contributed by atoms with Gasteiger partial charge in [0.1, 0.15) is 0 Å². The van der Waals surface area contributed by atoms with Crippen LogP contribution >= 0.6 is 0 Å². The van der Waals surface area contributed by atoms with E-state index >= 15 is 0 Å². The molecule has 0 fully saturated rings. The standard InChI is InChI=1S/C24H16N2/c1-2-6-17(7-3-1)20-12-13-22-23(15-20)25-16-24(26-22)21-11-10-18-8-4-5-9-19(18)14-21/h1-16H.